The van der Waals surface area contributed by atoms with Crippen molar-refractivity contribution in [3.63, 3.8) is 0 Å². The number of hydrogen-bond donors (Lipinski definition) is 2. The van der Waals surface area contributed by atoms with Crippen LogP contribution in [0.1, 0.15) is 24.1 Å². The molecule has 0 saturated carbocycles. The summed E-state index contributed by atoms with van der Waals surface area (Å²) in [6.45, 7) is 1.49. The van der Waals surface area contributed by atoms with Crippen molar-refractivity contribution in [2.75, 3.05) is 0 Å². The minimum absolute atomic E-state index is 0.484. The smallest absolute Gasteiger partial charge is 0.391 e. The molecule has 2 nitrogen and oxygen atoms in total. The van der Waals surface area contributed by atoms with Crippen molar-refractivity contribution < 1.29 is 18.3 Å². The standard InChI is InChI=1S/C10H12F3NO/c1-6(15)9(14)7-2-4-8(5-3-7)10(11,12)13/h2-6,9,15H,14H2,1H3/t6-,9-/m0/s1. The first-order valence-corrected chi connectivity index (χ1v) is 4.43. The molecule has 1 aromatic carbocycles. The lowest BCUT2D eigenvalue weighted by Crippen LogP contribution is -2.23. The van der Waals surface area contributed by atoms with Gasteiger partial charge in [0.25, 0.3) is 0 Å². The summed E-state index contributed by atoms with van der Waals surface area (Å²) in [7, 11) is 0. The highest BCUT2D eigenvalue weighted by molar-refractivity contribution is 5.27. The van der Waals surface area contributed by atoms with Gasteiger partial charge in [0.1, 0.15) is 0 Å². The van der Waals surface area contributed by atoms with Crippen molar-refractivity contribution >= 4 is 0 Å². The van der Waals surface area contributed by atoms with E-state index in [4.69, 9.17) is 10.8 Å². The molecule has 0 radical (unpaired) electrons. The number of benzene rings is 1. The van der Waals surface area contributed by atoms with Gasteiger partial charge in [-0.25, -0.2) is 0 Å². The number of nitrogens with two attached hydrogens (primary N) is 1. The van der Waals surface area contributed by atoms with Gasteiger partial charge in [-0.2, -0.15) is 13.2 Å². The Balaban J connectivity index is 2.91. The van der Waals surface area contributed by atoms with Crippen LogP contribution in [0.5, 0.6) is 0 Å². The zero-order valence-corrected chi connectivity index (χ0v) is 8.12. The maximum Gasteiger partial charge on any atom is 0.416 e. The molecule has 0 aliphatic rings. The van der Waals surface area contributed by atoms with Crippen LogP contribution >= 0.6 is 0 Å². The second-order valence-corrected chi connectivity index (χ2v) is 3.39. The summed E-state index contributed by atoms with van der Waals surface area (Å²) in [5.74, 6) is 0. The highest BCUT2D eigenvalue weighted by atomic mass is 19.4. The molecular formula is C10H12F3NO. The quantitative estimate of drug-likeness (QED) is 0.800. The van der Waals surface area contributed by atoms with E-state index in [1.54, 1.807) is 0 Å². The van der Waals surface area contributed by atoms with Crippen LogP contribution in [-0.4, -0.2) is 11.2 Å². The summed E-state index contributed by atoms with van der Waals surface area (Å²) in [5, 5.41) is 9.16. The van der Waals surface area contributed by atoms with E-state index in [0.717, 1.165) is 12.1 Å². The first-order valence-electron chi connectivity index (χ1n) is 4.43. The summed E-state index contributed by atoms with van der Waals surface area (Å²) < 4.78 is 36.6. The van der Waals surface area contributed by atoms with E-state index in [9.17, 15) is 13.2 Å². The summed E-state index contributed by atoms with van der Waals surface area (Å²) in [5.41, 5.74) is 5.33. The largest absolute Gasteiger partial charge is 0.416 e. The van der Waals surface area contributed by atoms with E-state index >= 15 is 0 Å². The zero-order chi connectivity index (χ0) is 11.6. The number of halogens is 3. The van der Waals surface area contributed by atoms with Gasteiger partial charge in [-0.3, -0.25) is 0 Å². The van der Waals surface area contributed by atoms with Gasteiger partial charge in [0.05, 0.1) is 17.7 Å². The van der Waals surface area contributed by atoms with Gasteiger partial charge in [0.15, 0.2) is 0 Å². The molecule has 0 amide bonds. The van der Waals surface area contributed by atoms with Crippen molar-refractivity contribution in [3.8, 4) is 0 Å². The van der Waals surface area contributed by atoms with E-state index < -0.39 is 23.9 Å². The Kier molecular flexibility index (Phi) is 3.36. The second-order valence-electron chi connectivity index (χ2n) is 3.39. The molecular weight excluding hydrogens is 207 g/mol. The molecule has 0 bridgehead atoms. The Morgan fingerprint density at radius 3 is 2.00 bits per heavy atom. The normalized spacial score (nSPS) is 16.1. The topological polar surface area (TPSA) is 46.2 Å². The third-order valence-corrected chi connectivity index (χ3v) is 2.14. The lowest BCUT2D eigenvalue weighted by molar-refractivity contribution is -0.137. The van der Waals surface area contributed by atoms with Crippen LogP contribution in [0, 0.1) is 0 Å². The van der Waals surface area contributed by atoms with Gasteiger partial charge < -0.3 is 10.8 Å². The minimum atomic E-state index is -4.34. The van der Waals surface area contributed by atoms with Crippen LogP contribution in [0.4, 0.5) is 13.2 Å². The molecule has 0 aliphatic heterocycles. The molecule has 0 fully saturated rings. The van der Waals surface area contributed by atoms with Gasteiger partial charge in [-0.05, 0) is 24.6 Å². The van der Waals surface area contributed by atoms with Crippen LogP contribution in [0.3, 0.4) is 0 Å². The van der Waals surface area contributed by atoms with Crippen molar-refractivity contribution in [1.29, 1.82) is 0 Å². The van der Waals surface area contributed by atoms with Gasteiger partial charge >= 0.3 is 6.18 Å². The molecule has 0 unspecified atom stereocenters. The van der Waals surface area contributed by atoms with Crippen molar-refractivity contribution in [2.45, 2.75) is 25.2 Å². The molecule has 0 heterocycles. The summed E-state index contributed by atoms with van der Waals surface area (Å²) in [4.78, 5) is 0. The van der Waals surface area contributed by atoms with E-state index in [2.05, 4.69) is 0 Å². The van der Waals surface area contributed by atoms with Crippen LogP contribution < -0.4 is 5.73 Å². The first kappa shape index (κ1) is 12.0. The second kappa shape index (κ2) is 4.20. The maximum absolute atomic E-state index is 12.2. The number of alkyl halides is 3. The Labute approximate surface area is 85.5 Å². The average Bonchev–Trinajstić information content (AvgIpc) is 2.15. The van der Waals surface area contributed by atoms with E-state index in [1.807, 2.05) is 0 Å². The molecule has 2 atom stereocenters. The first-order chi connectivity index (χ1) is 6.82. The van der Waals surface area contributed by atoms with Gasteiger partial charge in [0, 0.05) is 0 Å². The molecule has 84 valence electrons. The molecule has 0 spiro atoms. The van der Waals surface area contributed by atoms with Crippen LogP contribution in [-0.2, 0) is 6.18 Å². The fraction of sp³-hybridized carbons (Fsp3) is 0.400. The lowest BCUT2D eigenvalue weighted by Gasteiger charge is -2.15. The lowest BCUT2D eigenvalue weighted by atomic mass is 10.0. The van der Waals surface area contributed by atoms with Crippen LogP contribution in [0.15, 0.2) is 24.3 Å². The minimum Gasteiger partial charge on any atom is -0.391 e. The predicted octanol–water partition coefficient (Wildman–Crippen LogP) is 2.09. The van der Waals surface area contributed by atoms with Gasteiger partial charge in [-0.15, -0.1) is 0 Å². The Morgan fingerprint density at radius 2 is 1.67 bits per heavy atom. The number of aliphatic hydroxyl groups is 1. The molecule has 0 aliphatic carbocycles. The molecule has 1 rings (SSSR count). The highest BCUT2D eigenvalue weighted by Crippen LogP contribution is 2.29. The molecule has 15 heavy (non-hydrogen) atoms. The van der Waals surface area contributed by atoms with Gasteiger partial charge in [-0.1, -0.05) is 12.1 Å². The zero-order valence-electron chi connectivity index (χ0n) is 8.12. The summed E-state index contributed by atoms with van der Waals surface area (Å²) in [6.07, 6.45) is -5.13. The SMILES string of the molecule is C[C@H](O)[C@H](N)c1ccc(C(F)(F)F)cc1. The van der Waals surface area contributed by atoms with Crippen molar-refractivity contribution in [3.05, 3.63) is 35.4 Å². The Bertz CT molecular complexity index is 318. The van der Waals surface area contributed by atoms with Gasteiger partial charge in [0.2, 0.25) is 0 Å². The fourth-order valence-electron chi connectivity index (χ4n) is 1.17. The van der Waals surface area contributed by atoms with Crippen LogP contribution in [0.25, 0.3) is 0 Å². The summed E-state index contributed by atoms with van der Waals surface area (Å²) >= 11 is 0. The van der Waals surface area contributed by atoms with Crippen LogP contribution in [0.2, 0.25) is 0 Å². The molecule has 0 saturated heterocycles. The summed E-state index contributed by atoms with van der Waals surface area (Å²) in [6, 6.07) is 3.81. The van der Waals surface area contributed by atoms with Crippen molar-refractivity contribution in [1.82, 2.24) is 0 Å². The van der Waals surface area contributed by atoms with E-state index in [0.29, 0.717) is 5.56 Å². The van der Waals surface area contributed by atoms with Crippen molar-refractivity contribution in [2.24, 2.45) is 5.73 Å². The number of rotatable bonds is 2. The average molecular weight is 219 g/mol. The third-order valence-electron chi connectivity index (χ3n) is 2.14. The molecule has 1 aromatic rings. The highest BCUT2D eigenvalue weighted by Gasteiger charge is 2.30. The maximum atomic E-state index is 12.2. The number of aliphatic hydroxyl groups excluding tert-OH is 1. The number of hydrogen-bond acceptors (Lipinski definition) is 2. The molecule has 3 N–H and O–H groups in total. The Morgan fingerprint density at radius 1 is 1.20 bits per heavy atom. The van der Waals surface area contributed by atoms with E-state index in [1.165, 1.54) is 19.1 Å². The monoisotopic (exact) mass is 219 g/mol. The fourth-order valence-corrected chi connectivity index (χ4v) is 1.17. The third kappa shape index (κ3) is 2.94. The predicted molar refractivity (Wildman–Crippen MR) is 50.1 cm³/mol. The molecule has 5 heteroatoms. The van der Waals surface area contributed by atoms with E-state index in [-0.39, 0.29) is 0 Å². The molecule has 0 aromatic heterocycles. The Hall–Kier alpha value is -1.07.